The molecule has 5 heteroatoms. The second-order valence-electron chi connectivity index (χ2n) is 4.54. The molecule has 2 unspecified atom stereocenters. The highest BCUT2D eigenvalue weighted by molar-refractivity contribution is 9.10. The van der Waals surface area contributed by atoms with Gasteiger partial charge in [0.25, 0.3) is 0 Å². The molecular formula is C13H14BrNO3. The third-order valence-electron chi connectivity index (χ3n) is 3.24. The number of rotatable bonds is 3. The maximum Gasteiger partial charge on any atom is 0.306 e. The van der Waals surface area contributed by atoms with Crippen LogP contribution in [0.25, 0.3) is 0 Å². The van der Waals surface area contributed by atoms with Crippen molar-refractivity contribution in [3.63, 3.8) is 0 Å². The van der Waals surface area contributed by atoms with Gasteiger partial charge in [-0.25, -0.2) is 0 Å². The molecule has 0 saturated heterocycles. The third kappa shape index (κ3) is 3.10. The van der Waals surface area contributed by atoms with Gasteiger partial charge in [0.2, 0.25) is 5.91 Å². The fourth-order valence-electron chi connectivity index (χ4n) is 2.25. The van der Waals surface area contributed by atoms with Crippen molar-refractivity contribution in [2.24, 2.45) is 11.8 Å². The van der Waals surface area contributed by atoms with Crippen LogP contribution in [0.3, 0.4) is 0 Å². The average molecular weight is 312 g/mol. The molecule has 96 valence electrons. The van der Waals surface area contributed by atoms with Gasteiger partial charge in [0, 0.05) is 16.1 Å². The van der Waals surface area contributed by atoms with Gasteiger partial charge in [-0.15, -0.1) is 0 Å². The van der Waals surface area contributed by atoms with Crippen LogP contribution in [0.4, 0.5) is 5.69 Å². The van der Waals surface area contributed by atoms with E-state index in [0.29, 0.717) is 19.3 Å². The number of amides is 1. The second kappa shape index (κ2) is 5.52. The van der Waals surface area contributed by atoms with Gasteiger partial charge in [-0.05, 0) is 37.5 Å². The Morgan fingerprint density at radius 1 is 1.28 bits per heavy atom. The number of benzene rings is 1. The average Bonchev–Trinajstić information content (AvgIpc) is 2.78. The number of carboxylic acid groups (broad SMARTS) is 1. The molecule has 0 aliphatic heterocycles. The van der Waals surface area contributed by atoms with Crippen LogP contribution in [0.5, 0.6) is 0 Å². The molecular weight excluding hydrogens is 298 g/mol. The molecule has 1 aromatic rings. The number of nitrogens with one attached hydrogen (secondary N) is 1. The van der Waals surface area contributed by atoms with Crippen molar-refractivity contribution in [3.05, 3.63) is 28.7 Å². The molecule has 0 heterocycles. The Bertz CT molecular complexity index is 475. The van der Waals surface area contributed by atoms with Gasteiger partial charge in [0.15, 0.2) is 0 Å². The maximum absolute atomic E-state index is 12.0. The lowest BCUT2D eigenvalue weighted by Gasteiger charge is -2.10. The zero-order chi connectivity index (χ0) is 13.1. The van der Waals surface area contributed by atoms with Crippen molar-refractivity contribution < 1.29 is 14.7 Å². The summed E-state index contributed by atoms with van der Waals surface area (Å²) >= 11 is 3.34. The van der Waals surface area contributed by atoms with E-state index in [9.17, 15) is 9.59 Å². The van der Waals surface area contributed by atoms with E-state index in [1.54, 1.807) is 0 Å². The van der Waals surface area contributed by atoms with Crippen LogP contribution >= 0.6 is 15.9 Å². The van der Waals surface area contributed by atoms with Crippen LogP contribution in [0, 0.1) is 11.8 Å². The highest BCUT2D eigenvalue weighted by atomic mass is 79.9. The quantitative estimate of drug-likeness (QED) is 0.902. The van der Waals surface area contributed by atoms with Gasteiger partial charge in [-0.2, -0.15) is 0 Å². The molecule has 1 aromatic carbocycles. The highest BCUT2D eigenvalue weighted by Crippen LogP contribution is 2.32. The lowest BCUT2D eigenvalue weighted by atomic mass is 10.0. The number of carboxylic acids is 1. The molecule has 1 fully saturated rings. The topological polar surface area (TPSA) is 66.4 Å². The zero-order valence-corrected chi connectivity index (χ0v) is 11.3. The first kappa shape index (κ1) is 13.1. The van der Waals surface area contributed by atoms with Gasteiger partial charge in [0.05, 0.1) is 5.92 Å². The summed E-state index contributed by atoms with van der Waals surface area (Å²) in [6.07, 6.45) is 1.68. The lowest BCUT2D eigenvalue weighted by Crippen LogP contribution is -2.21. The summed E-state index contributed by atoms with van der Waals surface area (Å²) in [4.78, 5) is 22.8. The predicted molar refractivity (Wildman–Crippen MR) is 71.2 cm³/mol. The lowest BCUT2D eigenvalue weighted by molar-refractivity contribution is -0.141. The molecule has 0 aromatic heterocycles. The summed E-state index contributed by atoms with van der Waals surface area (Å²) in [6, 6.07) is 7.36. The second-order valence-corrected chi connectivity index (χ2v) is 5.46. The number of aliphatic carboxylic acids is 1. The Labute approximate surface area is 114 Å². The highest BCUT2D eigenvalue weighted by Gasteiger charge is 2.33. The van der Waals surface area contributed by atoms with Crippen molar-refractivity contribution in [2.75, 3.05) is 5.32 Å². The van der Waals surface area contributed by atoms with E-state index in [-0.39, 0.29) is 17.7 Å². The summed E-state index contributed by atoms with van der Waals surface area (Å²) in [7, 11) is 0. The number of anilines is 1. The van der Waals surface area contributed by atoms with Crippen molar-refractivity contribution >= 4 is 33.5 Å². The summed E-state index contributed by atoms with van der Waals surface area (Å²) in [6.45, 7) is 0. The normalized spacial score (nSPS) is 22.7. The molecule has 18 heavy (non-hydrogen) atoms. The molecule has 2 rings (SSSR count). The van der Waals surface area contributed by atoms with Crippen LogP contribution in [-0.2, 0) is 9.59 Å². The van der Waals surface area contributed by atoms with Crippen LogP contribution in [-0.4, -0.2) is 17.0 Å². The first-order chi connectivity index (χ1) is 8.56. The Balaban J connectivity index is 1.95. The zero-order valence-electron chi connectivity index (χ0n) is 9.73. The molecule has 1 saturated carbocycles. The third-order valence-corrected chi connectivity index (χ3v) is 3.74. The van der Waals surface area contributed by atoms with Crippen LogP contribution < -0.4 is 5.32 Å². The van der Waals surface area contributed by atoms with Crippen molar-refractivity contribution in [3.8, 4) is 0 Å². The van der Waals surface area contributed by atoms with Crippen molar-refractivity contribution in [1.29, 1.82) is 0 Å². The number of hydrogen-bond acceptors (Lipinski definition) is 2. The fraction of sp³-hybridized carbons (Fsp3) is 0.385. The smallest absolute Gasteiger partial charge is 0.306 e. The minimum absolute atomic E-state index is 0.0862. The van der Waals surface area contributed by atoms with Crippen molar-refractivity contribution in [1.82, 2.24) is 0 Å². The predicted octanol–water partition coefficient (Wildman–Crippen LogP) is 2.89. The van der Waals surface area contributed by atoms with Gasteiger partial charge < -0.3 is 10.4 Å². The standard InChI is InChI=1S/C13H14BrNO3/c14-10-2-1-3-11(7-10)15-12(16)8-4-5-9(6-8)13(17)18/h1-3,7-9H,4-6H2,(H,15,16)(H,17,18). The molecule has 1 amide bonds. The number of hydrogen-bond donors (Lipinski definition) is 2. The van der Waals surface area contributed by atoms with E-state index in [1.165, 1.54) is 0 Å². The first-order valence-electron chi connectivity index (χ1n) is 5.85. The summed E-state index contributed by atoms with van der Waals surface area (Å²) in [5, 5.41) is 11.7. The molecule has 2 N–H and O–H groups in total. The molecule has 0 bridgehead atoms. The van der Waals surface area contributed by atoms with Gasteiger partial charge in [0.1, 0.15) is 0 Å². The monoisotopic (exact) mass is 311 g/mol. The van der Waals surface area contributed by atoms with Gasteiger partial charge in [-0.1, -0.05) is 22.0 Å². The van der Waals surface area contributed by atoms with E-state index in [4.69, 9.17) is 5.11 Å². The molecule has 4 nitrogen and oxygen atoms in total. The summed E-state index contributed by atoms with van der Waals surface area (Å²) in [5.41, 5.74) is 0.730. The number of halogens is 1. The van der Waals surface area contributed by atoms with E-state index in [1.807, 2.05) is 24.3 Å². The van der Waals surface area contributed by atoms with E-state index >= 15 is 0 Å². The first-order valence-corrected chi connectivity index (χ1v) is 6.65. The summed E-state index contributed by atoms with van der Waals surface area (Å²) in [5.74, 6) is -1.45. The fourth-order valence-corrected chi connectivity index (χ4v) is 2.65. The van der Waals surface area contributed by atoms with Crippen molar-refractivity contribution in [2.45, 2.75) is 19.3 Å². The molecule has 1 aliphatic rings. The molecule has 0 radical (unpaired) electrons. The Kier molecular flexibility index (Phi) is 4.01. The van der Waals surface area contributed by atoms with Gasteiger partial charge in [-0.3, -0.25) is 9.59 Å². The Hall–Kier alpha value is -1.36. The van der Waals surface area contributed by atoms with E-state index in [0.717, 1.165) is 10.2 Å². The molecule has 0 spiro atoms. The Morgan fingerprint density at radius 3 is 2.61 bits per heavy atom. The number of carbonyl (C=O) groups excluding carboxylic acids is 1. The molecule has 2 atom stereocenters. The number of carbonyl (C=O) groups is 2. The van der Waals surface area contributed by atoms with Crippen LogP contribution in [0.2, 0.25) is 0 Å². The minimum Gasteiger partial charge on any atom is -0.481 e. The largest absolute Gasteiger partial charge is 0.481 e. The van der Waals surface area contributed by atoms with E-state index in [2.05, 4.69) is 21.2 Å². The minimum atomic E-state index is -0.798. The van der Waals surface area contributed by atoms with Crippen LogP contribution in [0.15, 0.2) is 28.7 Å². The van der Waals surface area contributed by atoms with Crippen LogP contribution in [0.1, 0.15) is 19.3 Å². The SMILES string of the molecule is O=C(O)C1CCC(C(=O)Nc2cccc(Br)c2)C1. The summed E-state index contributed by atoms with van der Waals surface area (Å²) < 4.78 is 0.898. The van der Waals surface area contributed by atoms with E-state index < -0.39 is 5.97 Å². The molecule has 1 aliphatic carbocycles. The maximum atomic E-state index is 12.0. The van der Waals surface area contributed by atoms with Gasteiger partial charge >= 0.3 is 5.97 Å². The Morgan fingerprint density at radius 2 is 2.00 bits per heavy atom.